The van der Waals surface area contributed by atoms with Crippen LogP contribution in [0.3, 0.4) is 0 Å². The van der Waals surface area contributed by atoms with Crippen molar-refractivity contribution in [2.24, 2.45) is 0 Å². The van der Waals surface area contributed by atoms with Crippen LogP contribution in [0, 0.1) is 12.7 Å². The van der Waals surface area contributed by atoms with Crippen molar-refractivity contribution >= 4 is 5.57 Å². The van der Waals surface area contributed by atoms with Crippen molar-refractivity contribution in [3.63, 3.8) is 0 Å². The summed E-state index contributed by atoms with van der Waals surface area (Å²) in [5.74, 6) is 1.12. The largest absolute Gasteiger partial charge is 0.438 e. The molecule has 1 aliphatic carbocycles. The Labute approximate surface area is 205 Å². The standard InChI is InChI=1S/C29H31FN2O3/c1-20-18-22(10-11-25(20)30)29(33)12-16-32(17-13-29)15-5-6-21-19-24-26(34-2)8-3-9-27(24)35-28-23(21)7-4-14-31-28/h3-4,6-11,14,18-19,26,33H,5,12-13,15-17H2,1-2H3. The predicted molar refractivity (Wildman–Crippen MR) is 134 cm³/mol. The number of hydrogen-bond acceptors (Lipinski definition) is 5. The van der Waals surface area contributed by atoms with Gasteiger partial charge in [0.15, 0.2) is 0 Å². The molecule has 1 atom stereocenters. The maximum atomic E-state index is 13.7. The Balaban J connectivity index is 1.29. The van der Waals surface area contributed by atoms with Gasteiger partial charge in [0.05, 0.1) is 5.60 Å². The number of fused-ring (bicyclic) bond motifs is 2. The number of aromatic nitrogens is 1. The number of hydrogen-bond donors (Lipinski definition) is 1. The van der Waals surface area contributed by atoms with Crippen LogP contribution in [0.4, 0.5) is 4.39 Å². The predicted octanol–water partition coefficient (Wildman–Crippen LogP) is 5.07. The van der Waals surface area contributed by atoms with Crippen LogP contribution < -0.4 is 4.74 Å². The number of rotatable bonds is 5. The zero-order valence-corrected chi connectivity index (χ0v) is 20.2. The van der Waals surface area contributed by atoms with Gasteiger partial charge in [-0.05, 0) is 73.2 Å². The second kappa shape index (κ2) is 9.90. The molecule has 0 bridgehead atoms. The monoisotopic (exact) mass is 474 g/mol. The molecule has 1 unspecified atom stereocenters. The molecule has 0 spiro atoms. The number of pyridine rings is 1. The normalized spacial score (nSPS) is 22.5. The van der Waals surface area contributed by atoms with Gasteiger partial charge in [0, 0.05) is 44.1 Å². The molecule has 1 aromatic carbocycles. The Hall–Kier alpha value is -3.06. The van der Waals surface area contributed by atoms with E-state index in [1.807, 2.05) is 30.4 Å². The van der Waals surface area contributed by atoms with Gasteiger partial charge in [-0.25, -0.2) is 9.37 Å². The summed E-state index contributed by atoms with van der Waals surface area (Å²) in [6, 6.07) is 8.90. The lowest BCUT2D eigenvalue weighted by molar-refractivity contribution is -0.0255. The molecule has 2 aromatic rings. The number of ether oxygens (including phenoxy) is 2. The van der Waals surface area contributed by atoms with Gasteiger partial charge in [-0.2, -0.15) is 0 Å². The molecule has 2 aliphatic heterocycles. The van der Waals surface area contributed by atoms with Crippen LogP contribution in [0.25, 0.3) is 5.57 Å². The van der Waals surface area contributed by atoms with E-state index >= 15 is 0 Å². The molecule has 1 aromatic heterocycles. The highest BCUT2D eigenvalue weighted by Gasteiger charge is 2.34. The highest BCUT2D eigenvalue weighted by molar-refractivity contribution is 5.80. The van der Waals surface area contributed by atoms with Gasteiger partial charge in [-0.1, -0.05) is 30.4 Å². The molecule has 3 aliphatic rings. The summed E-state index contributed by atoms with van der Waals surface area (Å²) in [5, 5.41) is 11.2. The molecular weight excluding hydrogens is 443 g/mol. The number of benzene rings is 1. The number of nitrogens with zero attached hydrogens (tertiary/aromatic N) is 2. The van der Waals surface area contributed by atoms with E-state index in [1.54, 1.807) is 32.4 Å². The molecule has 1 N–H and O–H groups in total. The third-order valence-electron chi connectivity index (χ3n) is 7.17. The lowest BCUT2D eigenvalue weighted by atomic mass is 9.84. The van der Waals surface area contributed by atoms with Crippen LogP contribution in [0.15, 0.2) is 78.2 Å². The van der Waals surface area contributed by atoms with Crippen molar-refractivity contribution < 1.29 is 19.0 Å². The van der Waals surface area contributed by atoms with Gasteiger partial charge in [0.1, 0.15) is 17.7 Å². The lowest BCUT2D eigenvalue weighted by Gasteiger charge is -2.38. The number of methoxy groups -OCH3 is 1. The first-order chi connectivity index (χ1) is 17.0. The Kier molecular flexibility index (Phi) is 6.69. The van der Waals surface area contributed by atoms with Gasteiger partial charge in [-0.3, -0.25) is 0 Å². The zero-order valence-electron chi connectivity index (χ0n) is 20.2. The van der Waals surface area contributed by atoms with Crippen molar-refractivity contribution in [3.05, 3.63) is 101 Å². The Bertz CT molecular complexity index is 1220. The highest BCUT2D eigenvalue weighted by Crippen LogP contribution is 2.37. The average Bonchev–Trinajstić information content (AvgIpc) is 3.03. The second-order valence-electron chi connectivity index (χ2n) is 9.42. The van der Waals surface area contributed by atoms with Crippen molar-refractivity contribution in [1.29, 1.82) is 0 Å². The molecule has 1 saturated heterocycles. The second-order valence-corrected chi connectivity index (χ2v) is 9.42. The first kappa shape index (κ1) is 23.7. The molecule has 1 fully saturated rings. The number of piperidine rings is 1. The number of allylic oxidation sites excluding steroid dienone is 4. The van der Waals surface area contributed by atoms with E-state index in [-0.39, 0.29) is 11.9 Å². The summed E-state index contributed by atoms with van der Waals surface area (Å²) in [7, 11) is 1.70. The molecule has 5 nitrogen and oxygen atoms in total. The molecule has 3 heterocycles. The highest BCUT2D eigenvalue weighted by atomic mass is 19.1. The van der Waals surface area contributed by atoms with Crippen molar-refractivity contribution in [3.8, 4) is 5.88 Å². The third kappa shape index (κ3) is 4.87. The number of likely N-dealkylation sites (tertiary alicyclic amines) is 1. The van der Waals surface area contributed by atoms with Crippen molar-refractivity contribution in [2.45, 2.75) is 37.9 Å². The van der Waals surface area contributed by atoms with E-state index in [9.17, 15) is 9.50 Å². The van der Waals surface area contributed by atoms with Gasteiger partial charge in [0.2, 0.25) is 5.88 Å². The Morgan fingerprint density at radius 1 is 1.29 bits per heavy atom. The van der Waals surface area contributed by atoms with Crippen molar-refractivity contribution in [1.82, 2.24) is 9.88 Å². The summed E-state index contributed by atoms with van der Waals surface area (Å²) in [5.41, 5.74) is 3.50. The maximum absolute atomic E-state index is 13.7. The molecular formula is C29H31FN2O3. The third-order valence-corrected chi connectivity index (χ3v) is 7.17. The fourth-order valence-electron chi connectivity index (χ4n) is 5.02. The summed E-state index contributed by atoms with van der Waals surface area (Å²) >= 11 is 0. The topological polar surface area (TPSA) is 54.8 Å². The molecule has 0 radical (unpaired) electrons. The summed E-state index contributed by atoms with van der Waals surface area (Å²) in [6.07, 6.45) is 14.0. The number of aliphatic hydroxyl groups is 1. The van der Waals surface area contributed by atoms with Crippen LogP contribution in [0.2, 0.25) is 0 Å². The van der Waals surface area contributed by atoms with E-state index in [1.165, 1.54) is 6.07 Å². The average molecular weight is 475 g/mol. The molecule has 5 rings (SSSR count). The van der Waals surface area contributed by atoms with Gasteiger partial charge < -0.3 is 19.5 Å². The van der Waals surface area contributed by atoms with E-state index in [0.717, 1.165) is 54.1 Å². The molecule has 182 valence electrons. The Morgan fingerprint density at radius 3 is 2.89 bits per heavy atom. The first-order valence-corrected chi connectivity index (χ1v) is 12.1. The minimum absolute atomic E-state index is 0.164. The molecule has 0 saturated carbocycles. The SMILES string of the molecule is COC1C=CC=C2Oc3ncccc3C(=CCCN3CCC(O)(c4ccc(F)c(C)c4)CC3)C=C21. The molecule has 6 heteroatoms. The minimum Gasteiger partial charge on any atom is -0.438 e. The fourth-order valence-corrected chi connectivity index (χ4v) is 5.02. The van der Waals surface area contributed by atoms with Crippen LogP contribution in [0.5, 0.6) is 5.88 Å². The van der Waals surface area contributed by atoms with Gasteiger partial charge in [-0.15, -0.1) is 0 Å². The van der Waals surface area contributed by atoms with Crippen molar-refractivity contribution in [2.75, 3.05) is 26.7 Å². The van der Waals surface area contributed by atoms with Gasteiger partial charge in [0.25, 0.3) is 0 Å². The lowest BCUT2D eigenvalue weighted by Crippen LogP contribution is -2.42. The smallest absolute Gasteiger partial charge is 0.227 e. The van der Waals surface area contributed by atoms with E-state index in [4.69, 9.17) is 9.47 Å². The fraction of sp³-hybridized carbons (Fsp3) is 0.345. The van der Waals surface area contributed by atoms with Gasteiger partial charge >= 0.3 is 0 Å². The van der Waals surface area contributed by atoms with Crippen LogP contribution in [-0.4, -0.2) is 47.8 Å². The maximum Gasteiger partial charge on any atom is 0.227 e. The minimum atomic E-state index is -0.895. The van der Waals surface area contributed by atoms with E-state index in [0.29, 0.717) is 24.3 Å². The molecule has 0 amide bonds. The number of aryl methyl sites for hydroxylation is 1. The van der Waals surface area contributed by atoms with Crippen LogP contribution in [-0.2, 0) is 10.3 Å². The van der Waals surface area contributed by atoms with Crippen LogP contribution in [0.1, 0.15) is 36.0 Å². The Morgan fingerprint density at radius 2 is 2.11 bits per heavy atom. The summed E-state index contributed by atoms with van der Waals surface area (Å²) in [4.78, 5) is 6.84. The summed E-state index contributed by atoms with van der Waals surface area (Å²) < 4.78 is 25.5. The molecule has 35 heavy (non-hydrogen) atoms. The first-order valence-electron chi connectivity index (χ1n) is 12.1. The van der Waals surface area contributed by atoms with E-state index in [2.05, 4.69) is 22.0 Å². The van der Waals surface area contributed by atoms with E-state index < -0.39 is 5.60 Å². The van der Waals surface area contributed by atoms with Crippen LogP contribution >= 0.6 is 0 Å². The quantitative estimate of drug-likeness (QED) is 0.656. The number of halogens is 1. The zero-order chi connectivity index (χ0) is 24.4. The summed E-state index contributed by atoms with van der Waals surface area (Å²) in [6.45, 7) is 4.21.